The summed E-state index contributed by atoms with van der Waals surface area (Å²) in [5.74, 6) is -1.34. The van der Waals surface area contributed by atoms with Crippen molar-refractivity contribution in [2.45, 2.75) is 39.2 Å². The van der Waals surface area contributed by atoms with E-state index < -0.39 is 17.7 Å². The molecule has 1 atom stereocenters. The maximum Gasteiger partial charge on any atom is 0.295 e. The second-order valence-electron chi connectivity index (χ2n) is 6.68. The zero-order valence-electron chi connectivity index (χ0n) is 15.7. The summed E-state index contributed by atoms with van der Waals surface area (Å²) in [4.78, 5) is 31.1. The number of aryl methyl sites for hydroxylation is 1. The van der Waals surface area contributed by atoms with Gasteiger partial charge in [0.2, 0.25) is 0 Å². The molecule has 2 heterocycles. The number of rotatable bonds is 6. The van der Waals surface area contributed by atoms with E-state index in [0.717, 1.165) is 30.4 Å². The van der Waals surface area contributed by atoms with Gasteiger partial charge in [-0.3, -0.25) is 14.6 Å². The number of carbonyl (C=O) groups excluding carboxylic acids is 2. The number of benzene rings is 1. The molecule has 1 unspecified atom stereocenters. The highest BCUT2D eigenvalue weighted by atomic mass is 16.3. The third-order valence-electron chi connectivity index (χ3n) is 4.93. The minimum Gasteiger partial charge on any atom is -0.507 e. The van der Waals surface area contributed by atoms with Gasteiger partial charge < -0.3 is 10.0 Å². The zero-order chi connectivity index (χ0) is 19.4. The highest BCUT2D eigenvalue weighted by molar-refractivity contribution is 6.46. The van der Waals surface area contributed by atoms with Crippen LogP contribution in [0, 0.1) is 0 Å². The largest absolute Gasteiger partial charge is 0.507 e. The van der Waals surface area contributed by atoms with Gasteiger partial charge in [0.15, 0.2) is 0 Å². The van der Waals surface area contributed by atoms with Gasteiger partial charge >= 0.3 is 0 Å². The van der Waals surface area contributed by atoms with Crippen molar-refractivity contribution in [3.05, 3.63) is 71.1 Å². The Hall–Kier alpha value is -2.95. The Morgan fingerprint density at radius 2 is 1.89 bits per heavy atom. The van der Waals surface area contributed by atoms with E-state index >= 15 is 0 Å². The second kappa shape index (κ2) is 8.16. The van der Waals surface area contributed by atoms with E-state index in [4.69, 9.17) is 0 Å². The molecule has 5 nitrogen and oxygen atoms in total. The summed E-state index contributed by atoms with van der Waals surface area (Å²) in [7, 11) is 0. The Morgan fingerprint density at radius 1 is 1.15 bits per heavy atom. The normalized spacial score (nSPS) is 18.9. The molecule has 1 aliphatic heterocycles. The molecule has 1 amide bonds. The molecule has 3 rings (SSSR count). The molecule has 5 heteroatoms. The number of ketones is 1. The predicted octanol–water partition coefficient (Wildman–Crippen LogP) is 3.87. The Kier molecular flexibility index (Phi) is 5.69. The number of amides is 1. The molecular weight excluding hydrogens is 340 g/mol. The molecule has 140 valence electrons. The second-order valence-corrected chi connectivity index (χ2v) is 6.68. The Morgan fingerprint density at radius 3 is 2.48 bits per heavy atom. The van der Waals surface area contributed by atoms with Gasteiger partial charge in [-0.15, -0.1) is 0 Å². The molecule has 2 aromatic rings. The van der Waals surface area contributed by atoms with E-state index in [0.29, 0.717) is 12.1 Å². The molecular formula is C22H24N2O3. The molecule has 0 saturated carbocycles. The number of aliphatic hydroxyl groups excluding tert-OH is 1. The van der Waals surface area contributed by atoms with Gasteiger partial charge in [0.25, 0.3) is 11.7 Å². The highest BCUT2D eigenvalue weighted by Gasteiger charge is 2.45. The monoisotopic (exact) mass is 364 g/mol. The molecule has 0 radical (unpaired) electrons. The van der Waals surface area contributed by atoms with Gasteiger partial charge in [-0.25, -0.2) is 0 Å². The van der Waals surface area contributed by atoms with E-state index in [2.05, 4.69) is 11.9 Å². The Labute approximate surface area is 159 Å². The number of pyridine rings is 1. The van der Waals surface area contributed by atoms with Gasteiger partial charge in [-0.2, -0.15) is 0 Å². The van der Waals surface area contributed by atoms with Crippen molar-refractivity contribution in [3.8, 4) is 0 Å². The van der Waals surface area contributed by atoms with E-state index in [-0.39, 0.29) is 11.3 Å². The fraction of sp³-hybridized carbons (Fsp3) is 0.318. The predicted molar refractivity (Wildman–Crippen MR) is 104 cm³/mol. The van der Waals surface area contributed by atoms with E-state index in [9.17, 15) is 14.7 Å². The molecule has 1 saturated heterocycles. The van der Waals surface area contributed by atoms with Gasteiger partial charge in [-0.05, 0) is 30.0 Å². The molecule has 1 aromatic carbocycles. The maximum absolute atomic E-state index is 12.8. The van der Waals surface area contributed by atoms with Crippen LogP contribution in [0.2, 0.25) is 0 Å². The van der Waals surface area contributed by atoms with Crippen molar-refractivity contribution in [2.75, 3.05) is 6.54 Å². The molecule has 0 spiro atoms. The summed E-state index contributed by atoms with van der Waals surface area (Å²) >= 11 is 0. The van der Waals surface area contributed by atoms with Crippen LogP contribution in [-0.4, -0.2) is 33.2 Å². The first kappa shape index (κ1) is 18.8. The van der Waals surface area contributed by atoms with Crippen LogP contribution < -0.4 is 0 Å². The summed E-state index contributed by atoms with van der Waals surface area (Å²) < 4.78 is 0. The molecule has 0 bridgehead atoms. The van der Waals surface area contributed by atoms with Gasteiger partial charge in [0.1, 0.15) is 5.76 Å². The van der Waals surface area contributed by atoms with Crippen molar-refractivity contribution >= 4 is 17.4 Å². The van der Waals surface area contributed by atoms with Gasteiger partial charge in [0, 0.05) is 24.5 Å². The molecule has 1 N–H and O–H groups in total. The van der Waals surface area contributed by atoms with E-state index in [1.165, 1.54) is 0 Å². The maximum atomic E-state index is 12.8. The zero-order valence-corrected chi connectivity index (χ0v) is 15.7. The SMILES string of the molecule is CCCCN1C(=O)C(=O)/C(=C(\O)c2ccc(CC)cc2)C1c1cccnc1. The number of unbranched alkanes of at least 4 members (excludes halogenated alkanes) is 1. The fourth-order valence-electron chi connectivity index (χ4n) is 3.38. The lowest BCUT2D eigenvalue weighted by molar-refractivity contribution is -0.139. The van der Waals surface area contributed by atoms with E-state index in [1.807, 2.05) is 25.1 Å². The Balaban J connectivity index is 2.11. The quantitative estimate of drug-likeness (QED) is 0.480. The highest BCUT2D eigenvalue weighted by Crippen LogP contribution is 2.39. The van der Waals surface area contributed by atoms with Crippen molar-refractivity contribution in [1.82, 2.24) is 9.88 Å². The third-order valence-corrected chi connectivity index (χ3v) is 4.93. The number of hydrogen-bond acceptors (Lipinski definition) is 4. The molecule has 27 heavy (non-hydrogen) atoms. The van der Waals surface area contributed by atoms with Gasteiger partial charge in [0.05, 0.1) is 11.6 Å². The first-order valence-corrected chi connectivity index (χ1v) is 9.36. The number of aromatic nitrogens is 1. The van der Waals surface area contributed by atoms with Crippen LogP contribution in [0.5, 0.6) is 0 Å². The van der Waals surface area contributed by atoms with Crippen LogP contribution >= 0.6 is 0 Å². The van der Waals surface area contributed by atoms with Crippen molar-refractivity contribution in [3.63, 3.8) is 0 Å². The van der Waals surface area contributed by atoms with Crippen molar-refractivity contribution in [1.29, 1.82) is 0 Å². The summed E-state index contributed by atoms with van der Waals surface area (Å²) in [6.07, 6.45) is 5.86. The molecule has 0 aliphatic carbocycles. The number of nitrogens with zero attached hydrogens (tertiary/aromatic N) is 2. The van der Waals surface area contributed by atoms with Crippen LogP contribution in [0.15, 0.2) is 54.4 Å². The van der Waals surface area contributed by atoms with E-state index in [1.54, 1.807) is 35.5 Å². The van der Waals surface area contributed by atoms with Crippen LogP contribution in [0.1, 0.15) is 49.4 Å². The standard InChI is InChI=1S/C22H24N2O3/c1-3-5-13-24-19(17-7-6-12-23-14-17)18(21(26)22(24)27)20(25)16-10-8-15(4-2)9-11-16/h6-12,14,19,25H,3-5,13H2,1-2H3/b20-18-. The summed E-state index contributed by atoms with van der Waals surface area (Å²) in [5, 5.41) is 10.9. The van der Waals surface area contributed by atoms with Crippen LogP contribution in [0.4, 0.5) is 0 Å². The van der Waals surface area contributed by atoms with Crippen molar-refractivity contribution < 1.29 is 14.7 Å². The minimum atomic E-state index is -0.642. The van der Waals surface area contributed by atoms with Crippen molar-refractivity contribution in [2.24, 2.45) is 0 Å². The average Bonchev–Trinajstić information content (AvgIpc) is 2.97. The topological polar surface area (TPSA) is 70.5 Å². The fourth-order valence-corrected chi connectivity index (χ4v) is 3.38. The summed E-state index contributed by atoms with van der Waals surface area (Å²) in [5.41, 5.74) is 2.53. The lowest BCUT2D eigenvalue weighted by Gasteiger charge is -2.24. The lowest BCUT2D eigenvalue weighted by Crippen LogP contribution is -2.30. The van der Waals surface area contributed by atoms with Gasteiger partial charge in [-0.1, -0.05) is 50.6 Å². The first-order chi connectivity index (χ1) is 13.1. The number of aliphatic hydroxyl groups is 1. The number of Topliss-reactive ketones (excluding diaryl/α,β-unsaturated/α-hetero) is 1. The Bertz CT molecular complexity index is 857. The van der Waals surface area contributed by atoms with Crippen LogP contribution in [0.3, 0.4) is 0 Å². The number of likely N-dealkylation sites (tertiary alicyclic amines) is 1. The van der Waals surface area contributed by atoms with Crippen LogP contribution in [0.25, 0.3) is 5.76 Å². The molecule has 1 fully saturated rings. The summed E-state index contributed by atoms with van der Waals surface area (Å²) in [6, 6.07) is 10.4. The minimum absolute atomic E-state index is 0.133. The number of hydrogen-bond donors (Lipinski definition) is 1. The number of carbonyl (C=O) groups is 2. The lowest BCUT2D eigenvalue weighted by atomic mass is 9.96. The van der Waals surface area contributed by atoms with Crippen LogP contribution in [-0.2, 0) is 16.0 Å². The molecule has 1 aromatic heterocycles. The smallest absolute Gasteiger partial charge is 0.295 e. The third kappa shape index (κ3) is 3.63. The first-order valence-electron chi connectivity index (χ1n) is 9.36. The summed E-state index contributed by atoms with van der Waals surface area (Å²) in [6.45, 7) is 4.55. The average molecular weight is 364 g/mol. The molecule has 1 aliphatic rings.